The molecule has 0 spiro atoms. The molecule has 1 aliphatic heterocycles. The maximum Gasteiger partial charge on any atom is 0.248 e. The van der Waals surface area contributed by atoms with E-state index in [4.69, 9.17) is 9.47 Å². The first-order valence-corrected chi connectivity index (χ1v) is 6.50. The van der Waals surface area contributed by atoms with Gasteiger partial charge in [0.1, 0.15) is 6.61 Å². The van der Waals surface area contributed by atoms with E-state index in [2.05, 4.69) is 13.8 Å². The number of ether oxygens (including phenoxy) is 2. The normalized spacial score (nSPS) is 26.9. The molecule has 0 aliphatic carbocycles. The lowest BCUT2D eigenvalue weighted by atomic mass is 9.96. The van der Waals surface area contributed by atoms with Gasteiger partial charge in [0.05, 0.1) is 12.2 Å². The molecular formula is C13H25NO3. The molecule has 0 bridgehead atoms. The summed E-state index contributed by atoms with van der Waals surface area (Å²) in [6.07, 6.45) is 2.26. The maximum absolute atomic E-state index is 11.9. The molecule has 0 N–H and O–H groups in total. The van der Waals surface area contributed by atoms with Gasteiger partial charge in [0, 0.05) is 20.2 Å². The number of carbonyl (C=O) groups excluding carboxylic acids is 1. The summed E-state index contributed by atoms with van der Waals surface area (Å²) in [4.78, 5) is 13.8. The third-order valence-electron chi connectivity index (χ3n) is 3.61. The minimum atomic E-state index is 0.0826. The Balaban J connectivity index is 2.37. The van der Waals surface area contributed by atoms with Gasteiger partial charge in [-0.2, -0.15) is 0 Å². The third kappa shape index (κ3) is 4.28. The fourth-order valence-corrected chi connectivity index (χ4v) is 1.99. The van der Waals surface area contributed by atoms with Gasteiger partial charge in [-0.05, 0) is 25.7 Å². The van der Waals surface area contributed by atoms with Gasteiger partial charge in [-0.3, -0.25) is 4.79 Å². The number of methoxy groups -OCH3 is 1. The van der Waals surface area contributed by atoms with Crippen molar-refractivity contribution in [1.82, 2.24) is 4.90 Å². The van der Waals surface area contributed by atoms with Gasteiger partial charge in [0.15, 0.2) is 0 Å². The average molecular weight is 243 g/mol. The maximum atomic E-state index is 11.9. The van der Waals surface area contributed by atoms with Crippen molar-refractivity contribution in [3.05, 3.63) is 0 Å². The zero-order chi connectivity index (χ0) is 12.8. The summed E-state index contributed by atoms with van der Waals surface area (Å²) in [6, 6.07) is 0. The highest BCUT2D eigenvalue weighted by Gasteiger charge is 2.28. The summed E-state index contributed by atoms with van der Waals surface area (Å²) in [5, 5.41) is 0. The first kappa shape index (κ1) is 14.5. The van der Waals surface area contributed by atoms with Crippen molar-refractivity contribution in [3.63, 3.8) is 0 Å². The number of rotatable bonds is 5. The van der Waals surface area contributed by atoms with Crippen molar-refractivity contribution < 1.29 is 14.3 Å². The zero-order valence-corrected chi connectivity index (χ0v) is 11.4. The molecule has 1 saturated heterocycles. The number of nitrogens with zero attached hydrogens (tertiary/aromatic N) is 1. The Bertz CT molecular complexity index is 245. The molecule has 0 radical (unpaired) electrons. The summed E-state index contributed by atoms with van der Waals surface area (Å²) in [7, 11) is 1.71. The monoisotopic (exact) mass is 243 g/mol. The standard InChI is InChI=1S/C13H25NO3/c1-5-11(3)17-9-13(15)14-7-6-10(2)12(8-14)16-4/h10-12H,5-9H2,1-4H3/t10-,11+,12-/m1/s1. The van der Waals surface area contributed by atoms with Gasteiger partial charge < -0.3 is 14.4 Å². The van der Waals surface area contributed by atoms with Crippen LogP contribution in [0.4, 0.5) is 0 Å². The van der Waals surface area contributed by atoms with Gasteiger partial charge in [-0.1, -0.05) is 13.8 Å². The lowest BCUT2D eigenvalue weighted by molar-refractivity contribution is -0.142. The van der Waals surface area contributed by atoms with Crippen molar-refractivity contribution in [2.24, 2.45) is 5.92 Å². The predicted octanol–water partition coefficient (Wildman–Crippen LogP) is 1.68. The molecule has 0 unspecified atom stereocenters. The number of carbonyl (C=O) groups is 1. The molecule has 1 heterocycles. The molecule has 3 atom stereocenters. The van der Waals surface area contributed by atoms with Crippen molar-refractivity contribution in [2.45, 2.75) is 45.8 Å². The van der Waals surface area contributed by atoms with E-state index in [-0.39, 0.29) is 24.7 Å². The molecule has 1 aliphatic rings. The van der Waals surface area contributed by atoms with Crippen LogP contribution >= 0.6 is 0 Å². The first-order chi connectivity index (χ1) is 8.08. The van der Waals surface area contributed by atoms with Crippen LogP contribution in [-0.4, -0.2) is 49.8 Å². The van der Waals surface area contributed by atoms with E-state index >= 15 is 0 Å². The number of piperidine rings is 1. The summed E-state index contributed by atoms with van der Waals surface area (Å²) in [5.74, 6) is 0.610. The van der Waals surface area contributed by atoms with Crippen LogP contribution in [0.25, 0.3) is 0 Å². The summed E-state index contributed by atoms with van der Waals surface area (Å²) < 4.78 is 10.9. The van der Waals surface area contributed by atoms with Crippen LogP contribution in [0.5, 0.6) is 0 Å². The topological polar surface area (TPSA) is 38.8 Å². The van der Waals surface area contributed by atoms with Crippen LogP contribution in [0.15, 0.2) is 0 Å². The second kappa shape index (κ2) is 6.97. The quantitative estimate of drug-likeness (QED) is 0.737. The van der Waals surface area contributed by atoms with Crippen LogP contribution in [0.2, 0.25) is 0 Å². The lowest BCUT2D eigenvalue weighted by Gasteiger charge is -2.36. The Morgan fingerprint density at radius 1 is 1.53 bits per heavy atom. The SMILES string of the molecule is CC[C@H](C)OCC(=O)N1CC[C@@H](C)[C@H](OC)C1. The molecule has 0 aromatic rings. The van der Waals surface area contributed by atoms with Crippen LogP contribution in [0, 0.1) is 5.92 Å². The molecule has 0 saturated carbocycles. The van der Waals surface area contributed by atoms with Crippen molar-refractivity contribution in [2.75, 3.05) is 26.8 Å². The van der Waals surface area contributed by atoms with E-state index in [1.807, 2.05) is 11.8 Å². The summed E-state index contributed by atoms with van der Waals surface area (Å²) in [6.45, 7) is 7.93. The van der Waals surface area contributed by atoms with Crippen molar-refractivity contribution in [3.8, 4) is 0 Å². The van der Waals surface area contributed by atoms with E-state index in [0.29, 0.717) is 12.5 Å². The molecule has 1 amide bonds. The molecule has 0 aromatic carbocycles. The molecule has 0 aromatic heterocycles. The predicted molar refractivity (Wildman–Crippen MR) is 66.9 cm³/mol. The number of hydrogen-bond acceptors (Lipinski definition) is 3. The van der Waals surface area contributed by atoms with Gasteiger partial charge in [0.25, 0.3) is 0 Å². The van der Waals surface area contributed by atoms with E-state index in [1.54, 1.807) is 7.11 Å². The van der Waals surface area contributed by atoms with Crippen molar-refractivity contribution in [1.29, 1.82) is 0 Å². The minimum absolute atomic E-state index is 0.0826. The Kier molecular flexibility index (Phi) is 5.92. The Morgan fingerprint density at radius 2 is 2.24 bits per heavy atom. The largest absolute Gasteiger partial charge is 0.379 e. The first-order valence-electron chi connectivity index (χ1n) is 6.50. The number of likely N-dealkylation sites (tertiary alicyclic amines) is 1. The smallest absolute Gasteiger partial charge is 0.248 e. The highest BCUT2D eigenvalue weighted by Crippen LogP contribution is 2.19. The zero-order valence-electron chi connectivity index (χ0n) is 11.4. The van der Waals surface area contributed by atoms with Gasteiger partial charge in [0.2, 0.25) is 5.91 Å². The van der Waals surface area contributed by atoms with E-state index < -0.39 is 0 Å². The van der Waals surface area contributed by atoms with E-state index in [0.717, 1.165) is 19.4 Å². The summed E-state index contributed by atoms with van der Waals surface area (Å²) in [5.41, 5.74) is 0. The fraction of sp³-hybridized carbons (Fsp3) is 0.923. The van der Waals surface area contributed by atoms with Crippen LogP contribution in [0.1, 0.15) is 33.6 Å². The van der Waals surface area contributed by atoms with Crippen LogP contribution < -0.4 is 0 Å². The van der Waals surface area contributed by atoms with Gasteiger partial charge in [-0.15, -0.1) is 0 Å². The lowest BCUT2D eigenvalue weighted by Crippen LogP contribution is -2.48. The minimum Gasteiger partial charge on any atom is -0.379 e. The van der Waals surface area contributed by atoms with Crippen molar-refractivity contribution >= 4 is 5.91 Å². The van der Waals surface area contributed by atoms with E-state index in [1.165, 1.54) is 0 Å². The molecule has 1 rings (SSSR count). The Hall–Kier alpha value is -0.610. The number of amides is 1. The third-order valence-corrected chi connectivity index (χ3v) is 3.61. The second-order valence-electron chi connectivity index (χ2n) is 4.91. The van der Waals surface area contributed by atoms with Crippen LogP contribution in [0.3, 0.4) is 0 Å². The average Bonchev–Trinajstić information content (AvgIpc) is 2.35. The Morgan fingerprint density at radius 3 is 2.82 bits per heavy atom. The molecule has 100 valence electrons. The Labute approximate surface area is 104 Å². The van der Waals surface area contributed by atoms with Gasteiger partial charge in [-0.25, -0.2) is 0 Å². The fourth-order valence-electron chi connectivity index (χ4n) is 1.99. The second-order valence-corrected chi connectivity index (χ2v) is 4.91. The molecule has 1 fully saturated rings. The number of hydrogen-bond donors (Lipinski definition) is 0. The summed E-state index contributed by atoms with van der Waals surface area (Å²) >= 11 is 0. The van der Waals surface area contributed by atoms with Crippen LogP contribution in [-0.2, 0) is 14.3 Å². The van der Waals surface area contributed by atoms with E-state index in [9.17, 15) is 4.79 Å². The highest BCUT2D eigenvalue weighted by molar-refractivity contribution is 5.77. The molecule has 4 heteroatoms. The van der Waals surface area contributed by atoms with Gasteiger partial charge >= 0.3 is 0 Å². The molecule has 4 nitrogen and oxygen atoms in total. The molecule has 17 heavy (non-hydrogen) atoms. The molecular weight excluding hydrogens is 218 g/mol. The highest BCUT2D eigenvalue weighted by atomic mass is 16.5.